The summed E-state index contributed by atoms with van der Waals surface area (Å²) in [4.78, 5) is 21.6. The predicted octanol–water partition coefficient (Wildman–Crippen LogP) is 3.59. The van der Waals surface area contributed by atoms with Gasteiger partial charge in [-0.3, -0.25) is 0 Å². The lowest BCUT2D eigenvalue weighted by Gasteiger charge is -2.29. The Hall–Kier alpha value is -3.88. The van der Waals surface area contributed by atoms with Crippen LogP contribution < -0.4 is 20.4 Å². The highest BCUT2D eigenvalue weighted by Crippen LogP contribution is 2.28. The average Bonchev–Trinajstić information content (AvgIpc) is 3.58. The smallest absolute Gasteiger partial charge is 0.138 e. The van der Waals surface area contributed by atoms with Gasteiger partial charge in [0.1, 0.15) is 11.6 Å². The first kappa shape index (κ1) is 21.4. The van der Waals surface area contributed by atoms with Crippen LogP contribution in [0.25, 0.3) is 44.8 Å². The maximum absolute atomic E-state index is 4.84. The second-order valence-corrected chi connectivity index (χ2v) is 9.63. The molecule has 2 aliphatic rings. The number of imidazole rings is 2. The van der Waals surface area contributed by atoms with Gasteiger partial charge in [-0.1, -0.05) is 24.3 Å². The zero-order valence-electron chi connectivity index (χ0n) is 20.2. The number of nitrogens with zero attached hydrogens (tertiary/aromatic N) is 4. The standard InChI is InChI=1S/C28H30N8/c1-2-20(28-32-24-8-6-22(18-26(24)34-28)36-15-11-30-12-16-36)4-3-19(1)27-31-23-7-5-21(17-25(23)33-27)35-13-9-29-10-14-35/h1-8,17-18,29-30H,9-16H2,(H,31,33)(H,32,34). The van der Waals surface area contributed by atoms with Gasteiger partial charge in [0.05, 0.1) is 22.1 Å². The Morgan fingerprint density at radius 1 is 0.528 bits per heavy atom. The molecule has 0 radical (unpaired) electrons. The summed E-state index contributed by atoms with van der Waals surface area (Å²) >= 11 is 0. The largest absolute Gasteiger partial charge is 0.369 e. The van der Waals surface area contributed by atoms with Crippen molar-refractivity contribution in [2.24, 2.45) is 0 Å². The molecule has 8 heteroatoms. The summed E-state index contributed by atoms with van der Waals surface area (Å²) in [6, 6.07) is 21.5. The first-order valence-corrected chi connectivity index (χ1v) is 12.8. The maximum Gasteiger partial charge on any atom is 0.138 e. The number of aromatic nitrogens is 4. The van der Waals surface area contributed by atoms with Gasteiger partial charge in [-0.25, -0.2) is 9.97 Å². The number of anilines is 2. The molecule has 8 nitrogen and oxygen atoms in total. The molecule has 2 aromatic heterocycles. The number of benzene rings is 3. The van der Waals surface area contributed by atoms with Gasteiger partial charge in [0.2, 0.25) is 0 Å². The van der Waals surface area contributed by atoms with E-state index in [2.05, 4.69) is 91.1 Å². The molecular formula is C28H30N8. The number of hydrogen-bond acceptors (Lipinski definition) is 6. The fourth-order valence-electron chi connectivity index (χ4n) is 5.29. The second kappa shape index (κ2) is 8.96. The van der Waals surface area contributed by atoms with Crippen molar-refractivity contribution in [3.05, 3.63) is 60.7 Å². The number of piperazine rings is 2. The molecule has 7 rings (SSSR count). The summed E-state index contributed by atoms with van der Waals surface area (Å²) in [6.07, 6.45) is 0. The third kappa shape index (κ3) is 3.98. The predicted molar refractivity (Wildman–Crippen MR) is 147 cm³/mol. The van der Waals surface area contributed by atoms with Gasteiger partial charge in [-0.2, -0.15) is 0 Å². The minimum absolute atomic E-state index is 0.888. The van der Waals surface area contributed by atoms with Crippen LogP contribution in [0, 0.1) is 0 Å². The molecule has 0 aliphatic carbocycles. The molecule has 182 valence electrons. The van der Waals surface area contributed by atoms with Gasteiger partial charge in [0.15, 0.2) is 0 Å². The van der Waals surface area contributed by atoms with Crippen molar-refractivity contribution < 1.29 is 0 Å². The van der Waals surface area contributed by atoms with Gasteiger partial charge in [0, 0.05) is 74.9 Å². The van der Waals surface area contributed by atoms with Crippen LogP contribution in [-0.4, -0.2) is 72.3 Å². The minimum Gasteiger partial charge on any atom is -0.369 e. The number of nitrogens with one attached hydrogen (secondary N) is 4. The SMILES string of the molecule is c1cc(-c2nc3ccc(N4CCNCC4)cc3[nH]2)ccc1-c1nc2ccc(N3CCNCC3)cc2[nH]1. The molecule has 36 heavy (non-hydrogen) atoms. The number of H-pyrrole nitrogens is 2. The summed E-state index contributed by atoms with van der Waals surface area (Å²) in [7, 11) is 0. The Bertz CT molecular complexity index is 1390. The lowest BCUT2D eigenvalue weighted by atomic mass is 10.1. The maximum atomic E-state index is 4.84. The summed E-state index contributed by atoms with van der Waals surface area (Å²) < 4.78 is 0. The first-order chi connectivity index (χ1) is 17.8. The number of fused-ring (bicyclic) bond motifs is 2. The van der Waals surface area contributed by atoms with E-state index in [1.165, 1.54) is 11.4 Å². The van der Waals surface area contributed by atoms with Crippen molar-refractivity contribution in [2.45, 2.75) is 0 Å². The molecule has 2 aliphatic heterocycles. The van der Waals surface area contributed by atoms with Crippen molar-refractivity contribution in [2.75, 3.05) is 62.2 Å². The van der Waals surface area contributed by atoms with E-state index in [4.69, 9.17) is 9.97 Å². The lowest BCUT2D eigenvalue weighted by Crippen LogP contribution is -2.43. The van der Waals surface area contributed by atoms with Crippen LogP contribution in [0.5, 0.6) is 0 Å². The lowest BCUT2D eigenvalue weighted by molar-refractivity contribution is 0.589. The molecule has 2 saturated heterocycles. The van der Waals surface area contributed by atoms with Gasteiger partial charge in [-0.15, -0.1) is 0 Å². The monoisotopic (exact) mass is 478 g/mol. The molecule has 0 unspecified atom stereocenters. The molecule has 0 amide bonds. The Balaban J connectivity index is 1.13. The molecule has 0 spiro atoms. The quantitative estimate of drug-likeness (QED) is 0.316. The van der Waals surface area contributed by atoms with Crippen molar-refractivity contribution in [3.8, 4) is 22.8 Å². The molecule has 4 heterocycles. The van der Waals surface area contributed by atoms with Crippen LogP contribution in [0.4, 0.5) is 11.4 Å². The highest BCUT2D eigenvalue weighted by molar-refractivity contribution is 5.85. The van der Waals surface area contributed by atoms with Crippen LogP contribution in [0.2, 0.25) is 0 Å². The molecule has 4 N–H and O–H groups in total. The first-order valence-electron chi connectivity index (χ1n) is 12.8. The molecule has 0 atom stereocenters. The molecule has 3 aromatic carbocycles. The third-order valence-electron chi connectivity index (χ3n) is 7.33. The number of aromatic amines is 2. The van der Waals surface area contributed by atoms with Gasteiger partial charge < -0.3 is 30.4 Å². The number of rotatable bonds is 4. The van der Waals surface area contributed by atoms with Crippen molar-refractivity contribution in [1.82, 2.24) is 30.6 Å². The Labute approximate surface area is 209 Å². The second-order valence-electron chi connectivity index (χ2n) is 9.63. The van der Waals surface area contributed by atoms with E-state index in [1.54, 1.807) is 0 Å². The molecule has 5 aromatic rings. The van der Waals surface area contributed by atoms with Crippen molar-refractivity contribution >= 4 is 33.4 Å². The van der Waals surface area contributed by atoms with Gasteiger partial charge >= 0.3 is 0 Å². The third-order valence-corrected chi connectivity index (χ3v) is 7.33. The Kier molecular flexibility index (Phi) is 5.33. The van der Waals surface area contributed by atoms with Gasteiger partial charge in [-0.05, 0) is 36.4 Å². The van der Waals surface area contributed by atoms with Crippen LogP contribution >= 0.6 is 0 Å². The van der Waals surface area contributed by atoms with E-state index in [-0.39, 0.29) is 0 Å². The highest BCUT2D eigenvalue weighted by Gasteiger charge is 2.14. The van der Waals surface area contributed by atoms with Crippen LogP contribution in [-0.2, 0) is 0 Å². The van der Waals surface area contributed by atoms with Crippen LogP contribution in [0.1, 0.15) is 0 Å². The van der Waals surface area contributed by atoms with E-state index in [1.807, 2.05) is 0 Å². The normalized spacial score (nSPS) is 16.8. The zero-order chi connectivity index (χ0) is 23.9. The summed E-state index contributed by atoms with van der Waals surface area (Å²) in [5.74, 6) is 1.78. The molecule has 0 saturated carbocycles. The van der Waals surface area contributed by atoms with Crippen molar-refractivity contribution in [3.63, 3.8) is 0 Å². The van der Waals surface area contributed by atoms with E-state index < -0.39 is 0 Å². The topological polar surface area (TPSA) is 87.9 Å². The zero-order valence-corrected chi connectivity index (χ0v) is 20.2. The Morgan fingerprint density at radius 2 is 0.944 bits per heavy atom. The fraction of sp³-hybridized carbons (Fsp3) is 0.286. The Morgan fingerprint density at radius 3 is 1.36 bits per heavy atom. The number of hydrogen-bond donors (Lipinski definition) is 4. The molecule has 2 fully saturated rings. The summed E-state index contributed by atoms with van der Waals surface area (Å²) in [5, 5.41) is 6.83. The fourth-order valence-corrected chi connectivity index (χ4v) is 5.29. The van der Waals surface area contributed by atoms with Crippen LogP contribution in [0.15, 0.2) is 60.7 Å². The van der Waals surface area contributed by atoms with E-state index in [9.17, 15) is 0 Å². The average molecular weight is 479 g/mol. The highest BCUT2D eigenvalue weighted by atomic mass is 15.2. The van der Waals surface area contributed by atoms with Crippen LogP contribution in [0.3, 0.4) is 0 Å². The van der Waals surface area contributed by atoms with E-state index >= 15 is 0 Å². The van der Waals surface area contributed by atoms with E-state index in [0.717, 1.165) is 97.2 Å². The summed E-state index contributed by atoms with van der Waals surface area (Å²) in [6.45, 7) is 8.25. The van der Waals surface area contributed by atoms with Gasteiger partial charge in [0.25, 0.3) is 0 Å². The van der Waals surface area contributed by atoms with Crippen molar-refractivity contribution in [1.29, 1.82) is 0 Å². The molecular weight excluding hydrogens is 448 g/mol. The molecule has 0 bridgehead atoms. The summed E-state index contributed by atoms with van der Waals surface area (Å²) in [5.41, 5.74) is 8.76. The minimum atomic E-state index is 0.888. The van der Waals surface area contributed by atoms with E-state index in [0.29, 0.717) is 0 Å².